The van der Waals surface area contributed by atoms with E-state index < -0.39 is 152 Å². The largest absolute Gasteiger partial charge is 0.508 e. The number of hydrogen-bond donors (Lipinski definition) is 15. The Morgan fingerprint density at radius 1 is 0.531 bits per heavy atom. The lowest BCUT2D eigenvalue weighted by molar-refractivity contribution is -0.143. The van der Waals surface area contributed by atoms with E-state index in [1.165, 1.54) is 54.6 Å². The Bertz CT molecular complexity index is 4580. The number of phenolic OH excluding ortho intramolecular Hbond substituents is 6. The van der Waals surface area contributed by atoms with E-state index in [1.54, 1.807) is 36.2 Å². The Balaban J connectivity index is 1.06. The Morgan fingerprint density at radius 3 is 1.79 bits per heavy atom. The van der Waals surface area contributed by atoms with Gasteiger partial charge in [0.2, 0.25) is 41.2 Å². The third kappa shape index (κ3) is 13.0. The van der Waals surface area contributed by atoms with Crippen LogP contribution in [0.15, 0.2) is 133 Å². The van der Waals surface area contributed by atoms with Crippen molar-refractivity contribution in [1.82, 2.24) is 36.8 Å². The normalized spacial score (nSPS) is 20.9. The summed E-state index contributed by atoms with van der Waals surface area (Å²) in [5, 5.41) is 109. The summed E-state index contributed by atoms with van der Waals surface area (Å²) in [5.41, 5.74) is 4.90. The van der Waals surface area contributed by atoms with Crippen LogP contribution >= 0.6 is 34.8 Å². The lowest BCUT2D eigenvalue weighted by Gasteiger charge is -2.31. The van der Waals surface area contributed by atoms with Crippen LogP contribution in [0, 0.1) is 0 Å². The molecule has 0 unspecified atom stereocenters. The van der Waals surface area contributed by atoms with Crippen molar-refractivity contribution in [2.24, 2.45) is 5.73 Å². The fraction of sp³-hybridized carbons (Fsp3) is 0.179. The number of aromatic hydroxyl groups is 6. The topological polar surface area (TPSA) is 410 Å². The van der Waals surface area contributed by atoms with Crippen LogP contribution in [0.3, 0.4) is 0 Å². The number of rotatable bonds is 5. The van der Waals surface area contributed by atoms with E-state index in [-0.39, 0.29) is 85.9 Å². The third-order valence-electron chi connectivity index (χ3n) is 16.5. The van der Waals surface area contributed by atoms with Crippen LogP contribution in [-0.4, -0.2) is 106 Å². The Labute approximate surface area is 558 Å². The maximum atomic E-state index is 16.0. The first kappa shape index (κ1) is 65.1. The fourth-order valence-electron chi connectivity index (χ4n) is 11.7. The number of carboxylic acid groups (broad SMARTS) is 1. The van der Waals surface area contributed by atoms with E-state index >= 15 is 19.2 Å². The number of halogens is 3. The van der Waals surface area contributed by atoms with Crippen LogP contribution in [0.4, 0.5) is 0 Å². The number of nitrogens with zero attached hydrogens (tertiary/aromatic N) is 1. The second-order valence-corrected chi connectivity index (χ2v) is 24.4. The average molecular weight is 1370 g/mol. The number of aliphatic carboxylic acids is 1. The number of benzene rings is 8. The molecular formula is C67H55Cl3N8O18. The zero-order valence-electron chi connectivity index (χ0n) is 49.8. The molecule has 6 aliphatic rings. The number of aliphatic hydroxyl groups excluding tert-OH is 1. The first-order valence-electron chi connectivity index (χ1n) is 29.2. The van der Waals surface area contributed by atoms with E-state index in [1.807, 2.05) is 0 Å². The summed E-state index contributed by atoms with van der Waals surface area (Å²) in [6.45, 7) is -0.0295. The molecule has 0 saturated heterocycles. The van der Waals surface area contributed by atoms with Crippen LogP contribution in [0.25, 0.3) is 11.1 Å². The number of fused-ring (bicyclic) bond motifs is 14. The zero-order chi connectivity index (χ0) is 68.3. The van der Waals surface area contributed by atoms with Crippen molar-refractivity contribution in [1.29, 1.82) is 0 Å². The van der Waals surface area contributed by atoms with Crippen LogP contribution in [0.2, 0.25) is 15.1 Å². The van der Waals surface area contributed by atoms with Gasteiger partial charge < -0.3 is 92.7 Å². The molecular weight excluding hydrogens is 1310 g/mol. The van der Waals surface area contributed by atoms with Gasteiger partial charge in [-0.15, -0.1) is 0 Å². The second kappa shape index (κ2) is 26.1. The summed E-state index contributed by atoms with van der Waals surface area (Å²) in [7, 11) is 1.64. The van der Waals surface area contributed by atoms with E-state index in [0.717, 1.165) is 60.2 Å². The standard InChI is InChI=1S/C67H55Cl3N8O18/c1-78(25-27-2-8-34(68)9-3-27)26-39-45(82)24-38-51(59(39)84)37-18-30(6-10-43(37)80)53-63(88)77-57(66(91)76-56(38)67(92)93)58(83)31-7-13-47(41(70)19-31)96-50-22-33-21-49(60(50)85)95-46-12-4-28(14-40(46)69)15-42-61(86)73-54(64(89)75-55(33)65(90)74-53)32-16-35(79)23-36(17-32)94-48-20-29(5-11-44(48)81)52(71)62(87)72-42/h2-14,16-24,42,52-58,79-85H,15,25-26,71H2,1H3,(H,72,87)(H,73,86)(H,74,90)(H,75,89)(H,76,91)(H,77,88)(H,92,93)/t42-,52+,53-,54+,55-,56+,57+,58-/m1/s1. The number of phenols is 6. The zero-order valence-corrected chi connectivity index (χ0v) is 52.0. The van der Waals surface area contributed by atoms with Crippen LogP contribution < -0.4 is 51.8 Å². The summed E-state index contributed by atoms with van der Waals surface area (Å²) in [6, 6.07) is 14.1. The Morgan fingerprint density at radius 2 is 1.12 bits per heavy atom. The number of nitrogens with two attached hydrogens (primary N) is 1. The molecule has 0 radical (unpaired) electrons. The number of amides is 6. The minimum atomic E-state index is -2.24. The number of carbonyl (C=O) groups is 7. The Kier molecular flexibility index (Phi) is 17.7. The number of aliphatic hydroxyl groups is 1. The molecule has 0 saturated carbocycles. The predicted molar refractivity (Wildman–Crippen MR) is 342 cm³/mol. The highest BCUT2D eigenvalue weighted by Gasteiger charge is 2.42. The molecule has 0 aromatic heterocycles. The SMILES string of the molecule is CN(Cc1ccc(Cl)cc1)Cc1c(O)cc2c(c1O)-c1cc(ccc1O)[C@H]1NC(=O)[C@@H]3NC(=O)[C@H]4NC(=O)[C@@H](Cc5ccc(c(Cl)c5)Oc5cc3cc(c5O)Oc3ccc(cc3Cl)[C@@H](O)[C@H](NC1=O)C(=O)N[C@@H]2C(=O)O)NC(=O)[C@@H](N)c1ccc(O)c(c1)Oc1cc(O)cc4c1. The van der Waals surface area contributed by atoms with Crippen molar-refractivity contribution in [2.75, 3.05) is 7.05 Å². The number of carbonyl (C=O) groups excluding carboxylic acids is 6. The summed E-state index contributed by atoms with van der Waals surface area (Å²) >= 11 is 19.9. The molecule has 6 amide bonds. The van der Waals surface area contributed by atoms with E-state index in [2.05, 4.69) is 31.9 Å². The number of carboxylic acids is 1. The van der Waals surface area contributed by atoms with E-state index in [0.29, 0.717) is 10.6 Å². The molecule has 14 rings (SSSR count). The minimum absolute atomic E-state index is 0.114. The van der Waals surface area contributed by atoms with E-state index in [9.17, 15) is 55.2 Å². The summed E-state index contributed by atoms with van der Waals surface area (Å²) in [4.78, 5) is 106. The van der Waals surface area contributed by atoms with Crippen molar-refractivity contribution >= 4 is 76.2 Å². The van der Waals surface area contributed by atoms with Crippen molar-refractivity contribution < 1.29 is 88.6 Å². The van der Waals surface area contributed by atoms with Crippen LogP contribution in [0.1, 0.15) is 86.4 Å². The first-order valence-corrected chi connectivity index (χ1v) is 30.4. The van der Waals surface area contributed by atoms with Crippen molar-refractivity contribution in [3.8, 4) is 80.1 Å². The third-order valence-corrected chi connectivity index (χ3v) is 17.4. The highest BCUT2D eigenvalue weighted by molar-refractivity contribution is 6.32. The maximum Gasteiger partial charge on any atom is 0.330 e. The number of ether oxygens (including phenoxy) is 3. The molecule has 96 heavy (non-hydrogen) atoms. The van der Waals surface area contributed by atoms with Gasteiger partial charge in [-0.2, -0.15) is 0 Å². The van der Waals surface area contributed by atoms with Crippen molar-refractivity contribution in [3.63, 3.8) is 0 Å². The minimum Gasteiger partial charge on any atom is -0.508 e. The van der Waals surface area contributed by atoms with Gasteiger partial charge in [0.1, 0.15) is 82.6 Å². The molecule has 26 nitrogen and oxygen atoms in total. The molecule has 17 bridgehead atoms. The molecule has 8 aromatic carbocycles. The summed E-state index contributed by atoms with van der Waals surface area (Å²) < 4.78 is 18.5. The molecule has 492 valence electrons. The highest BCUT2D eigenvalue weighted by Crippen LogP contribution is 2.49. The highest BCUT2D eigenvalue weighted by atomic mass is 35.5. The van der Waals surface area contributed by atoms with Gasteiger partial charge in [-0.1, -0.05) is 71.2 Å². The average Bonchev–Trinajstić information content (AvgIpc) is 0.762. The lowest BCUT2D eigenvalue weighted by atomic mass is 9.88. The molecule has 6 heterocycles. The lowest BCUT2D eigenvalue weighted by Crippen LogP contribution is -2.55. The predicted octanol–water partition coefficient (Wildman–Crippen LogP) is 7.27. The fourth-order valence-corrected chi connectivity index (χ4v) is 12.3. The molecule has 8 atom stereocenters. The molecule has 8 aromatic rings. The molecule has 16 N–H and O–H groups in total. The van der Waals surface area contributed by atoms with Gasteiger partial charge in [-0.05, 0) is 137 Å². The van der Waals surface area contributed by atoms with Gasteiger partial charge in [0, 0.05) is 47.3 Å². The van der Waals surface area contributed by atoms with E-state index in [4.69, 9.17) is 54.7 Å². The summed E-state index contributed by atoms with van der Waals surface area (Å²) in [5.74, 6) is -15.0. The van der Waals surface area contributed by atoms with Crippen LogP contribution in [-0.2, 0) is 53.1 Å². The monoisotopic (exact) mass is 1360 g/mol. The van der Waals surface area contributed by atoms with Gasteiger partial charge in [0.05, 0.1) is 15.6 Å². The van der Waals surface area contributed by atoms with Gasteiger partial charge in [-0.3, -0.25) is 33.7 Å². The number of hydrogen-bond acceptors (Lipinski definition) is 19. The smallest absolute Gasteiger partial charge is 0.330 e. The van der Waals surface area contributed by atoms with Gasteiger partial charge in [0.25, 0.3) is 0 Å². The van der Waals surface area contributed by atoms with Gasteiger partial charge >= 0.3 is 5.97 Å². The Hall–Kier alpha value is -11.0. The van der Waals surface area contributed by atoms with Gasteiger partial charge in [0.15, 0.2) is 29.0 Å². The molecule has 6 aliphatic heterocycles. The second-order valence-electron chi connectivity index (χ2n) is 23.2. The molecule has 29 heteroatoms. The van der Waals surface area contributed by atoms with Crippen molar-refractivity contribution in [3.05, 3.63) is 199 Å². The quantitative estimate of drug-likeness (QED) is 0.0805. The summed E-state index contributed by atoms with van der Waals surface area (Å²) in [6.07, 6.45) is -2.51. The first-order chi connectivity index (χ1) is 45.7. The van der Waals surface area contributed by atoms with Gasteiger partial charge in [-0.25, -0.2) is 4.79 Å². The molecule has 0 fully saturated rings. The molecule has 0 aliphatic carbocycles. The number of nitrogens with one attached hydrogen (secondary N) is 6. The van der Waals surface area contributed by atoms with Crippen LogP contribution in [0.5, 0.6) is 69.0 Å². The molecule has 0 spiro atoms. The maximum absolute atomic E-state index is 16.0. The van der Waals surface area contributed by atoms with Crippen molar-refractivity contribution in [2.45, 2.75) is 67.9 Å².